The number of alkyl halides is 3. The van der Waals surface area contributed by atoms with Gasteiger partial charge in [-0.3, -0.25) is 4.79 Å². The molecule has 0 saturated carbocycles. The molecule has 1 amide bonds. The van der Waals surface area contributed by atoms with Crippen molar-refractivity contribution in [1.29, 1.82) is 0 Å². The second-order valence-corrected chi connectivity index (χ2v) is 6.77. The van der Waals surface area contributed by atoms with Crippen molar-refractivity contribution in [1.82, 2.24) is 10.8 Å². The molecule has 0 aromatic heterocycles. The lowest BCUT2D eigenvalue weighted by Crippen LogP contribution is -2.36. The van der Waals surface area contributed by atoms with Crippen LogP contribution in [-0.4, -0.2) is 32.1 Å². The Hall–Kier alpha value is -3.25. The zero-order valence-electron chi connectivity index (χ0n) is 18.1. The van der Waals surface area contributed by atoms with E-state index >= 15 is 0 Å². The van der Waals surface area contributed by atoms with Crippen LogP contribution in [0.4, 0.5) is 22.0 Å². The Morgan fingerprint density at radius 2 is 1.91 bits per heavy atom. The average Bonchev–Trinajstić information content (AvgIpc) is 2.71. The summed E-state index contributed by atoms with van der Waals surface area (Å²) in [7, 11) is 2.79. The number of amides is 1. The first kappa shape index (κ1) is 26.0. The van der Waals surface area contributed by atoms with Gasteiger partial charge in [0.15, 0.2) is 0 Å². The van der Waals surface area contributed by atoms with Gasteiger partial charge in [-0.05, 0) is 25.0 Å². The van der Waals surface area contributed by atoms with Crippen LogP contribution >= 0.6 is 0 Å². The van der Waals surface area contributed by atoms with Gasteiger partial charge in [-0.1, -0.05) is 23.4 Å². The number of carbonyl (C=O) groups is 1. The number of halogens is 5. The SMILES string of the molecule is CNC(=O)C(NOC)c1cccc(C)c1CO/N=C(\C)c1c(F)cc(F)cc1OC(F)(F)F. The number of aryl methyl sites for hydroxylation is 1. The third-order valence-electron chi connectivity index (χ3n) is 4.52. The third kappa shape index (κ3) is 6.86. The summed E-state index contributed by atoms with van der Waals surface area (Å²) in [5, 5.41) is 6.18. The zero-order chi connectivity index (χ0) is 24.8. The summed E-state index contributed by atoms with van der Waals surface area (Å²) in [6.07, 6.45) is -5.17. The summed E-state index contributed by atoms with van der Waals surface area (Å²) >= 11 is 0. The van der Waals surface area contributed by atoms with E-state index in [0.29, 0.717) is 23.3 Å². The van der Waals surface area contributed by atoms with Crippen molar-refractivity contribution in [3.8, 4) is 5.75 Å². The van der Waals surface area contributed by atoms with E-state index in [1.807, 2.05) is 0 Å². The second-order valence-electron chi connectivity index (χ2n) is 6.77. The molecule has 7 nitrogen and oxygen atoms in total. The van der Waals surface area contributed by atoms with Crippen molar-refractivity contribution in [2.75, 3.05) is 14.2 Å². The molecule has 0 spiro atoms. The number of hydroxylamine groups is 1. The Balaban J connectivity index is 2.36. The lowest BCUT2D eigenvalue weighted by molar-refractivity contribution is -0.274. The van der Waals surface area contributed by atoms with Gasteiger partial charge in [0.1, 0.15) is 30.0 Å². The van der Waals surface area contributed by atoms with Gasteiger partial charge in [0.25, 0.3) is 0 Å². The summed E-state index contributed by atoms with van der Waals surface area (Å²) in [4.78, 5) is 22.4. The van der Waals surface area contributed by atoms with Gasteiger partial charge in [0.05, 0.1) is 18.4 Å². The summed E-state index contributed by atoms with van der Waals surface area (Å²) < 4.78 is 69.4. The van der Waals surface area contributed by atoms with Crippen molar-refractivity contribution in [3.05, 3.63) is 64.2 Å². The standard InChI is InChI=1S/C21H22F5N3O4/c1-11-6-5-7-14(19(29-31-4)20(30)27-3)15(11)10-32-28-12(2)18-16(23)8-13(22)9-17(18)33-21(24,25)26/h5-9,19,29H,10H2,1-4H3,(H,27,30)/b28-12+. The van der Waals surface area contributed by atoms with Gasteiger partial charge in [-0.15, -0.1) is 13.2 Å². The fourth-order valence-corrected chi connectivity index (χ4v) is 3.06. The van der Waals surface area contributed by atoms with E-state index in [-0.39, 0.29) is 12.3 Å². The Morgan fingerprint density at radius 1 is 1.21 bits per heavy atom. The molecule has 2 aromatic carbocycles. The lowest BCUT2D eigenvalue weighted by atomic mass is 9.96. The summed E-state index contributed by atoms with van der Waals surface area (Å²) in [6.45, 7) is 2.72. The summed E-state index contributed by atoms with van der Waals surface area (Å²) in [6, 6.07) is 5.02. The predicted molar refractivity (Wildman–Crippen MR) is 108 cm³/mol. The number of carbonyl (C=O) groups excluding carboxylic acids is 1. The van der Waals surface area contributed by atoms with Crippen molar-refractivity contribution >= 4 is 11.6 Å². The predicted octanol–water partition coefficient (Wildman–Crippen LogP) is 4.05. The Bertz CT molecular complexity index is 1030. The number of likely N-dealkylation sites (N-methyl/N-ethyl adjacent to an activating group) is 1. The normalized spacial score (nSPS) is 12.9. The first-order valence-corrected chi connectivity index (χ1v) is 9.48. The fraction of sp³-hybridized carbons (Fsp3) is 0.333. The molecule has 1 atom stereocenters. The van der Waals surface area contributed by atoms with Crippen LogP contribution in [0.1, 0.15) is 35.2 Å². The molecule has 12 heteroatoms. The second kappa shape index (κ2) is 11.1. The number of nitrogens with zero attached hydrogens (tertiary/aromatic N) is 1. The number of hydrogen-bond donors (Lipinski definition) is 2. The maximum atomic E-state index is 14.2. The van der Waals surface area contributed by atoms with Crippen LogP contribution in [0.25, 0.3) is 0 Å². The lowest BCUT2D eigenvalue weighted by Gasteiger charge is -2.20. The first-order valence-electron chi connectivity index (χ1n) is 9.48. The molecule has 0 aliphatic heterocycles. The molecular formula is C21H22F5N3O4. The minimum atomic E-state index is -5.17. The van der Waals surface area contributed by atoms with Gasteiger partial charge in [0.2, 0.25) is 5.91 Å². The van der Waals surface area contributed by atoms with Gasteiger partial charge < -0.3 is 19.7 Å². The fourth-order valence-electron chi connectivity index (χ4n) is 3.06. The van der Waals surface area contributed by atoms with Crippen LogP contribution in [0, 0.1) is 18.6 Å². The largest absolute Gasteiger partial charge is 0.573 e. The van der Waals surface area contributed by atoms with E-state index in [1.54, 1.807) is 25.1 Å². The number of rotatable bonds is 9. The van der Waals surface area contributed by atoms with Crippen molar-refractivity contribution in [2.24, 2.45) is 5.16 Å². The topological polar surface area (TPSA) is 81.2 Å². The number of oxime groups is 1. The van der Waals surface area contributed by atoms with E-state index in [1.165, 1.54) is 21.1 Å². The molecule has 0 fully saturated rings. The van der Waals surface area contributed by atoms with Gasteiger partial charge in [-0.2, -0.15) is 5.48 Å². The zero-order valence-corrected chi connectivity index (χ0v) is 18.1. The van der Waals surface area contributed by atoms with E-state index in [2.05, 4.69) is 20.7 Å². The number of hydrogen-bond acceptors (Lipinski definition) is 6. The molecule has 0 heterocycles. The highest BCUT2D eigenvalue weighted by atomic mass is 19.4. The van der Waals surface area contributed by atoms with E-state index < -0.39 is 41.3 Å². The molecule has 0 radical (unpaired) electrons. The van der Waals surface area contributed by atoms with Gasteiger partial charge in [-0.25, -0.2) is 8.78 Å². The molecule has 0 saturated heterocycles. The number of ether oxygens (including phenoxy) is 1. The molecule has 33 heavy (non-hydrogen) atoms. The molecular weight excluding hydrogens is 453 g/mol. The van der Waals surface area contributed by atoms with E-state index in [9.17, 15) is 26.7 Å². The minimum Gasteiger partial charge on any atom is -0.405 e. The van der Waals surface area contributed by atoms with E-state index in [4.69, 9.17) is 9.68 Å². The van der Waals surface area contributed by atoms with Crippen LogP contribution in [0.5, 0.6) is 5.75 Å². The highest BCUT2D eigenvalue weighted by Crippen LogP contribution is 2.30. The molecule has 0 aliphatic carbocycles. The molecule has 0 aliphatic rings. The van der Waals surface area contributed by atoms with Crippen LogP contribution in [0.15, 0.2) is 35.5 Å². The van der Waals surface area contributed by atoms with Crippen LogP contribution in [-0.2, 0) is 21.1 Å². The molecule has 2 N–H and O–H groups in total. The van der Waals surface area contributed by atoms with Crippen LogP contribution < -0.4 is 15.5 Å². The Morgan fingerprint density at radius 3 is 2.52 bits per heavy atom. The highest BCUT2D eigenvalue weighted by molar-refractivity contribution is 6.01. The maximum Gasteiger partial charge on any atom is 0.573 e. The van der Waals surface area contributed by atoms with Gasteiger partial charge >= 0.3 is 6.36 Å². The quantitative estimate of drug-likeness (QED) is 0.325. The van der Waals surface area contributed by atoms with E-state index in [0.717, 1.165) is 5.56 Å². The smallest absolute Gasteiger partial charge is 0.405 e. The van der Waals surface area contributed by atoms with Crippen LogP contribution in [0.2, 0.25) is 0 Å². The average molecular weight is 475 g/mol. The molecule has 2 aromatic rings. The summed E-state index contributed by atoms with van der Waals surface area (Å²) in [5.74, 6) is -4.05. The monoisotopic (exact) mass is 475 g/mol. The van der Waals surface area contributed by atoms with Crippen LogP contribution in [0.3, 0.4) is 0 Å². The van der Waals surface area contributed by atoms with Crippen molar-refractivity contribution < 1.29 is 41.2 Å². The van der Waals surface area contributed by atoms with Crippen molar-refractivity contribution in [2.45, 2.75) is 32.9 Å². The maximum absolute atomic E-state index is 14.2. The minimum absolute atomic E-state index is 0.212. The Labute approximate surface area is 186 Å². The van der Waals surface area contributed by atoms with Gasteiger partial charge in [0, 0.05) is 24.7 Å². The number of benzene rings is 2. The highest BCUT2D eigenvalue weighted by Gasteiger charge is 2.33. The Kier molecular flexibility index (Phi) is 8.71. The molecule has 1 unspecified atom stereocenters. The first-order chi connectivity index (χ1) is 15.5. The third-order valence-corrected chi connectivity index (χ3v) is 4.52. The molecule has 0 bridgehead atoms. The van der Waals surface area contributed by atoms with Crippen molar-refractivity contribution in [3.63, 3.8) is 0 Å². The molecule has 2 rings (SSSR count). The number of nitrogens with one attached hydrogen (secondary N) is 2. The summed E-state index contributed by atoms with van der Waals surface area (Å²) in [5.41, 5.74) is 3.31. The molecule has 180 valence electrons.